The van der Waals surface area contributed by atoms with Gasteiger partial charge in [0.05, 0.1) is 5.41 Å². The van der Waals surface area contributed by atoms with Crippen molar-refractivity contribution >= 4 is 5.78 Å². The number of aryl methyl sites for hydroxylation is 2. The van der Waals surface area contributed by atoms with E-state index >= 15 is 0 Å². The Hall–Kier alpha value is -3.15. The van der Waals surface area contributed by atoms with Crippen molar-refractivity contribution < 1.29 is 18.8 Å². The van der Waals surface area contributed by atoms with Crippen molar-refractivity contribution in [2.24, 2.45) is 5.41 Å². The standard InChI is InChI=1S/C25H26N2O4/c1-17-6-8-20(9-7-17)30-13-22-26-23(31-27-22)25-14-24(15-25,16-25)11-19(28)12-29-21-5-3-4-18(2)10-21/h3-10H,11-16H2,1-2H3. The molecule has 0 unspecified atom stereocenters. The summed E-state index contributed by atoms with van der Waals surface area (Å²) in [6.45, 7) is 4.45. The Morgan fingerprint density at radius 2 is 1.77 bits per heavy atom. The van der Waals surface area contributed by atoms with Gasteiger partial charge in [-0.2, -0.15) is 4.98 Å². The number of rotatable bonds is 9. The molecule has 3 aromatic rings. The molecule has 0 aliphatic heterocycles. The Morgan fingerprint density at radius 3 is 2.52 bits per heavy atom. The minimum atomic E-state index is -0.0488. The second-order valence-electron chi connectivity index (χ2n) is 9.25. The predicted octanol–water partition coefficient (Wildman–Crippen LogP) is 4.73. The summed E-state index contributed by atoms with van der Waals surface area (Å²) in [5.41, 5.74) is 2.34. The second-order valence-corrected chi connectivity index (χ2v) is 9.25. The zero-order valence-electron chi connectivity index (χ0n) is 17.9. The molecular weight excluding hydrogens is 392 g/mol. The van der Waals surface area contributed by atoms with Crippen molar-refractivity contribution in [2.45, 2.75) is 51.6 Å². The first kappa shape index (κ1) is 19.8. The first-order chi connectivity index (χ1) is 14.9. The number of nitrogens with zero attached hydrogens (tertiary/aromatic N) is 2. The third kappa shape index (κ3) is 3.94. The number of ether oxygens (including phenoxy) is 2. The van der Waals surface area contributed by atoms with Crippen LogP contribution in [0.4, 0.5) is 0 Å². The lowest BCUT2D eigenvalue weighted by molar-refractivity contribution is -0.168. The summed E-state index contributed by atoms with van der Waals surface area (Å²) in [7, 11) is 0. The van der Waals surface area contributed by atoms with E-state index in [1.54, 1.807) is 0 Å². The van der Waals surface area contributed by atoms with Gasteiger partial charge in [-0.05, 0) is 68.4 Å². The molecule has 3 saturated carbocycles. The van der Waals surface area contributed by atoms with Crippen LogP contribution >= 0.6 is 0 Å². The number of Topliss-reactive ketones (excluding diaryl/α,β-unsaturated/α-hetero) is 1. The number of carbonyl (C=O) groups is 1. The topological polar surface area (TPSA) is 74.5 Å². The van der Waals surface area contributed by atoms with Gasteiger partial charge in [-0.25, -0.2) is 0 Å². The zero-order valence-corrected chi connectivity index (χ0v) is 17.9. The summed E-state index contributed by atoms with van der Waals surface area (Å²) >= 11 is 0. The van der Waals surface area contributed by atoms with E-state index in [1.807, 2.05) is 62.4 Å². The predicted molar refractivity (Wildman–Crippen MR) is 114 cm³/mol. The first-order valence-electron chi connectivity index (χ1n) is 10.7. The van der Waals surface area contributed by atoms with E-state index in [0.29, 0.717) is 18.1 Å². The van der Waals surface area contributed by atoms with Gasteiger partial charge in [-0.15, -0.1) is 0 Å². The molecule has 1 heterocycles. The van der Waals surface area contributed by atoms with E-state index in [-0.39, 0.29) is 29.8 Å². The van der Waals surface area contributed by atoms with Gasteiger partial charge in [0.25, 0.3) is 0 Å². The summed E-state index contributed by atoms with van der Waals surface area (Å²) < 4.78 is 16.9. The molecule has 31 heavy (non-hydrogen) atoms. The van der Waals surface area contributed by atoms with Crippen LogP contribution in [0, 0.1) is 19.3 Å². The van der Waals surface area contributed by atoms with Gasteiger partial charge in [-0.3, -0.25) is 4.79 Å². The van der Waals surface area contributed by atoms with Gasteiger partial charge in [0.1, 0.15) is 18.1 Å². The monoisotopic (exact) mass is 418 g/mol. The van der Waals surface area contributed by atoms with Crippen molar-refractivity contribution in [1.29, 1.82) is 0 Å². The van der Waals surface area contributed by atoms with E-state index in [9.17, 15) is 4.79 Å². The van der Waals surface area contributed by atoms with Gasteiger partial charge in [0.15, 0.2) is 12.4 Å². The van der Waals surface area contributed by atoms with Crippen LogP contribution in [-0.2, 0) is 16.8 Å². The number of hydrogen-bond acceptors (Lipinski definition) is 6. The number of benzene rings is 2. The normalized spacial score (nSPS) is 23.5. The Labute approximate surface area is 181 Å². The second kappa shape index (κ2) is 7.52. The molecule has 3 fully saturated rings. The maximum atomic E-state index is 12.4. The van der Waals surface area contributed by atoms with Crippen molar-refractivity contribution in [3.63, 3.8) is 0 Å². The fraction of sp³-hybridized carbons (Fsp3) is 0.400. The lowest BCUT2D eigenvalue weighted by Crippen LogP contribution is -2.65. The summed E-state index contributed by atoms with van der Waals surface area (Å²) in [5, 5.41) is 4.08. The third-order valence-electron chi connectivity index (χ3n) is 6.41. The molecular formula is C25H26N2O4. The Kier molecular flexibility index (Phi) is 4.80. The highest BCUT2D eigenvalue weighted by molar-refractivity contribution is 5.81. The molecule has 0 N–H and O–H groups in total. The van der Waals surface area contributed by atoms with E-state index in [1.165, 1.54) is 5.56 Å². The molecule has 0 atom stereocenters. The van der Waals surface area contributed by atoms with Crippen LogP contribution in [0.25, 0.3) is 0 Å². The lowest BCUT2D eigenvalue weighted by atomic mass is 9.34. The first-order valence-corrected chi connectivity index (χ1v) is 10.7. The summed E-state index contributed by atoms with van der Waals surface area (Å²) in [6, 6.07) is 15.6. The van der Waals surface area contributed by atoms with Gasteiger partial charge < -0.3 is 14.0 Å². The van der Waals surface area contributed by atoms with Gasteiger partial charge in [-0.1, -0.05) is 35.0 Å². The van der Waals surface area contributed by atoms with Crippen molar-refractivity contribution in [2.75, 3.05) is 6.61 Å². The maximum Gasteiger partial charge on any atom is 0.233 e. The number of aromatic nitrogens is 2. The summed E-state index contributed by atoms with van der Waals surface area (Å²) in [4.78, 5) is 17.0. The highest BCUT2D eigenvalue weighted by Crippen LogP contribution is 2.74. The molecule has 0 saturated heterocycles. The summed E-state index contributed by atoms with van der Waals surface area (Å²) in [6.07, 6.45) is 3.34. The minimum absolute atomic E-state index is 0.0488. The molecule has 2 aromatic carbocycles. The van der Waals surface area contributed by atoms with Crippen LogP contribution in [0.3, 0.4) is 0 Å². The highest BCUT2D eigenvalue weighted by Gasteiger charge is 2.71. The molecule has 2 bridgehead atoms. The smallest absolute Gasteiger partial charge is 0.233 e. The van der Waals surface area contributed by atoms with Crippen molar-refractivity contribution in [3.8, 4) is 11.5 Å². The van der Waals surface area contributed by atoms with E-state index in [4.69, 9.17) is 14.0 Å². The molecule has 3 aliphatic carbocycles. The molecule has 160 valence electrons. The quantitative estimate of drug-likeness (QED) is 0.500. The molecule has 6 heteroatoms. The molecule has 0 spiro atoms. The van der Waals surface area contributed by atoms with E-state index in [0.717, 1.165) is 36.3 Å². The largest absolute Gasteiger partial charge is 0.486 e. The number of carbonyl (C=O) groups excluding carboxylic acids is 1. The fourth-order valence-electron chi connectivity index (χ4n) is 5.06. The highest BCUT2D eigenvalue weighted by atomic mass is 16.5. The van der Waals surface area contributed by atoms with Crippen LogP contribution in [0.5, 0.6) is 11.5 Å². The maximum absolute atomic E-state index is 12.4. The van der Waals surface area contributed by atoms with Crippen LogP contribution in [0.1, 0.15) is 48.5 Å². The Balaban J connectivity index is 1.10. The molecule has 3 aliphatic rings. The fourth-order valence-corrected chi connectivity index (χ4v) is 5.06. The number of ketones is 1. The molecule has 6 nitrogen and oxygen atoms in total. The average molecular weight is 418 g/mol. The van der Waals surface area contributed by atoms with Crippen LogP contribution < -0.4 is 9.47 Å². The average Bonchev–Trinajstić information content (AvgIpc) is 3.16. The lowest BCUT2D eigenvalue weighted by Gasteiger charge is -2.68. The van der Waals surface area contributed by atoms with Crippen LogP contribution in [-0.4, -0.2) is 22.5 Å². The summed E-state index contributed by atoms with van der Waals surface area (Å²) in [5.74, 6) is 2.91. The number of hydrogen-bond donors (Lipinski definition) is 0. The molecule has 0 amide bonds. The van der Waals surface area contributed by atoms with Crippen LogP contribution in [0.15, 0.2) is 53.1 Å². The van der Waals surface area contributed by atoms with Gasteiger partial charge in [0, 0.05) is 6.42 Å². The SMILES string of the molecule is Cc1ccc(OCc2noc(C34CC(CC(=O)COc5cccc(C)c5)(C3)C4)n2)cc1. The van der Waals surface area contributed by atoms with Gasteiger partial charge in [0.2, 0.25) is 11.7 Å². The minimum Gasteiger partial charge on any atom is -0.486 e. The Bertz CT molecular complexity index is 1080. The molecule has 6 rings (SSSR count). The van der Waals surface area contributed by atoms with E-state index in [2.05, 4.69) is 10.1 Å². The Morgan fingerprint density at radius 1 is 1.00 bits per heavy atom. The van der Waals surface area contributed by atoms with E-state index < -0.39 is 0 Å². The van der Waals surface area contributed by atoms with Crippen LogP contribution in [0.2, 0.25) is 0 Å². The molecule has 1 aromatic heterocycles. The van der Waals surface area contributed by atoms with Crippen molar-refractivity contribution in [1.82, 2.24) is 10.1 Å². The van der Waals surface area contributed by atoms with Crippen molar-refractivity contribution in [3.05, 3.63) is 71.4 Å². The van der Waals surface area contributed by atoms with Gasteiger partial charge >= 0.3 is 0 Å². The zero-order chi connectivity index (χ0) is 21.5. The molecule has 0 radical (unpaired) electrons. The third-order valence-corrected chi connectivity index (χ3v) is 6.41.